The van der Waals surface area contributed by atoms with Crippen molar-refractivity contribution < 1.29 is 4.79 Å². The van der Waals surface area contributed by atoms with E-state index in [4.69, 9.17) is 28.3 Å². The summed E-state index contributed by atoms with van der Waals surface area (Å²) in [5.41, 5.74) is 4.47. The lowest BCUT2D eigenvalue weighted by Crippen LogP contribution is -2.41. The third-order valence-electron chi connectivity index (χ3n) is 6.53. The van der Waals surface area contributed by atoms with Gasteiger partial charge in [0.05, 0.1) is 34.2 Å². The molecule has 1 amide bonds. The highest BCUT2D eigenvalue weighted by molar-refractivity contribution is 6.42. The van der Waals surface area contributed by atoms with Crippen LogP contribution in [0.4, 0.5) is 0 Å². The molecule has 3 heterocycles. The predicted molar refractivity (Wildman–Crippen MR) is 139 cm³/mol. The van der Waals surface area contributed by atoms with Crippen LogP contribution >= 0.6 is 23.2 Å². The van der Waals surface area contributed by atoms with E-state index in [1.54, 1.807) is 27.7 Å². The predicted octanol–water partition coefficient (Wildman–Crippen LogP) is 5.58. The van der Waals surface area contributed by atoms with Crippen molar-refractivity contribution >= 4 is 34.8 Å². The monoisotopic (exact) mass is 508 g/mol. The van der Waals surface area contributed by atoms with Gasteiger partial charge in [-0.2, -0.15) is 5.10 Å². The summed E-state index contributed by atoms with van der Waals surface area (Å²) >= 11 is 12.2. The lowest BCUT2D eigenvalue weighted by molar-refractivity contribution is 0.0730. The minimum Gasteiger partial charge on any atom is -0.332 e. The van der Waals surface area contributed by atoms with Crippen LogP contribution in [-0.4, -0.2) is 31.5 Å². The van der Waals surface area contributed by atoms with Crippen molar-refractivity contribution in [3.8, 4) is 5.69 Å². The minimum absolute atomic E-state index is 0.0494. The Morgan fingerprint density at radius 1 is 1.09 bits per heavy atom. The zero-order chi connectivity index (χ0) is 24.7. The molecule has 0 unspecified atom stereocenters. The van der Waals surface area contributed by atoms with E-state index in [0.717, 1.165) is 35.4 Å². The molecule has 0 saturated heterocycles. The zero-order valence-corrected chi connectivity index (χ0v) is 21.2. The number of para-hydroxylation sites is 1. The van der Waals surface area contributed by atoms with Gasteiger partial charge in [-0.15, -0.1) is 0 Å². The normalized spacial score (nSPS) is 13.5. The number of carbonyl (C=O) groups is 1. The number of carbonyl (C=O) groups excluding carboxylic acids is 1. The Balaban J connectivity index is 1.62. The van der Waals surface area contributed by atoms with E-state index >= 15 is 0 Å². The van der Waals surface area contributed by atoms with Gasteiger partial charge >= 0.3 is 0 Å². The molecular formula is C27H26Cl2N4O2. The smallest absolute Gasteiger partial charge is 0.261 e. The van der Waals surface area contributed by atoms with Gasteiger partial charge in [-0.1, -0.05) is 55.2 Å². The Bertz CT molecular complexity index is 1470. The number of hydrogen-bond donors (Lipinski definition) is 0. The summed E-state index contributed by atoms with van der Waals surface area (Å²) in [7, 11) is 0. The van der Waals surface area contributed by atoms with E-state index in [-0.39, 0.29) is 11.5 Å². The number of halogens is 2. The van der Waals surface area contributed by atoms with Crippen LogP contribution in [-0.2, 0) is 19.4 Å². The highest BCUT2D eigenvalue weighted by atomic mass is 35.5. The molecule has 0 saturated carbocycles. The molecule has 35 heavy (non-hydrogen) atoms. The number of fused-ring (bicyclic) bond motifs is 3. The van der Waals surface area contributed by atoms with Crippen molar-refractivity contribution in [2.24, 2.45) is 5.92 Å². The molecule has 0 radical (unpaired) electrons. The molecule has 5 rings (SSSR count). The van der Waals surface area contributed by atoms with Crippen LogP contribution in [0, 0.1) is 5.92 Å². The van der Waals surface area contributed by atoms with Crippen molar-refractivity contribution in [1.82, 2.24) is 19.1 Å². The van der Waals surface area contributed by atoms with Gasteiger partial charge in [-0.25, -0.2) is 4.52 Å². The third-order valence-corrected chi connectivity index (χ3v) is 7.26. The summed E-state index contributed by atoms with van der Waals surface area (Å²) in [4.78, 5) is 28.8. The molecule has 8 heteroatoms. The third kappa shape index (κ3) is 4.37. The summed E-state index contributed by atoms with van der Waals surface area (Å²) in [5, 5.41) is 5.45. The van der Waals surface area contributed by atoms with Crippen molar-refractivity contribution in [2.45, 2.75) is 39.7 Å². The average Bonchev–Trinajstić information content (AvgIpc) is 3.28. The van der Waals surface area contributed by atoms with Gasteiger partial charge < -0.3 is 4.90 Å². The fraction of sp³-hybridized carbons (Fsp3) is 0.296. The second kappa shape index (κ2) is 9.51. The van der Waals surface area contributed by atoms with Gasteiger partial charge in [0, 0.05) is 23.2 Å². The molecule has 6 nitrogen and oxygen atoms in total. The van der Waals surface area contributed by atoms with Crippen LogP contribution in [0.2, 0.25) is 10.0 Å². The number of aromatic nitrogens is 3. The first-order valence-corrected chi connectivity index (χ1v) is 12.5. The quantitative estimate of drug-likeness (QED) is 0.353. The Hall–Kier alpha value is -3.09. The highest BCUT2D eigenvalue weighted by Crippen LogP contribution is 2.27. The molecule has 2 aromatic carbocycles. The van der Waals surface area contributed by atoms with Gasteiger partial charge in [-0.05, 0) is 55.5 Å². The average molecular weight is 509 g/mol. The largest absolute Gasteiger partial charge is 0.332 e. The van der Waals surface area contributed by atoms with Crippen LogP contribution in [0.15, 0.2) is 59.5 Å². The number of rotatable bonds is 5. The van der Waals surface area contributed by atoms with Gasteiger partial charge in [-0.3, -0.25) is 14.2 Å². The maximum atomic E-state index is 13.8. The van der Waals surface area contributed by atoms with E-state index < -0.39 is 0 Å². The molecule has 0 aliphatic carbocycles. The second-order valence-electron chi connectivity index (χ2n) is 9.34. The second-order valence-corrected chi connectivity index (χ2v) is 10.2. The van der Waals surface area contributed by atoms with E-state index in [9.17, 15) is 9.59 Å². The summed E-state index contributed by atoms with van der Waals surface area (Å²) in [6, 6.07) is 14.6. The standard InChI is InChI=1S/C27H26Cl2N4O2/c1-17(2)8-9-19-15-30-33-24-16-31(26(34)18-10-11-22(28)23(29)14-18)13-12-21(24)27(35)32(25(19)33)20-6-4-3-5-7-20/h3-7,10-11,14-15,17H,8-9,12-13,16H2,1-2H3. The van der Waals surface area contributed by atoms with Crippen molar-refractivity contribution in [2.75, 3.05) is 6.54 Å². The van der Waals surface area contributed by atoms with Gasteiger partial charge in [0.1, 0.15) is 5.65 Å². The first-order valence-electron chi connectivity index (χ1n) is 11.8. The van der Waals surface area contributed by atoms with Crippen LogP contribution in [0.25, 0.3) is 11.3 Å². The Morgan fingerprint density at radius 2 is 1.86 bits per heavy atom. The zero-order valence-electron chi connectivity index (χ0n) is 19.7. The first-order chi connectivity index (χ1) is 16.8. The fourth-order valence-corrected chi connectivity index (χ4v) is 4.93. The Morgan fingerprint density at radius 3 is 2.57 bits per heavy atom. The molecular weight excluding hydrogens is 483 g/mol. The maximum absolute atomic E-state index is 13.8. The summed E-state index contributed by atoms with van der Waals surface area (Å²) < 4.78 is 3.63. The van der Waals surface area contributed by atoms with Crippen molar-refractivity contribution in [3.63, 3.8) is 0 Å². The molecule has 2 aromatic heterocycles. The summed E-state index contributed by atoms with van der Waals surface area (Å²) in [6.07, 6.45) is 4.11. The van der Waals surface area contributed by atoms with Gasteiger partial charge in [0.2, 0.25) is 0 Å². The summed E-state index contributed by atoms with van der Waals surface area (Å²) in [5.74, 6) is 0.376. The van der Waals surface area contributed by atoms with E-state index in [1.807, 2.05) is 41.0 Å². The maximum Gasteiger partial charge on any atom is 0.261 e. The van der Waals surface area contributed by atoms with E-state index in [0.29, 0.717) is 46.6 Å². The lowest BCUT2D eigenvalue weighted by atomic mass is 10.0. The molecule has 1 aliphatic rings. The van der Waals surface area contributed by atoms with E-state index in [1.165, 1.54) is 0 Å². The molecule has 4 aromatic rings. The van der Waals surface area contributed by atoms with Crippen LogP contribution < -0.4 is 5.56 Å². The number of nitrogens with zero attached hydrogens (tertiary/aromatic N) is 4. The topological polar surface area (TPSA) is 59.6 Å². The first kappa shape index (κ1) is 23.6. The van der Waals surface area contributed by atoms with Gasteiger partial charge in [0.15, 0.2) is 0 Å². The lowest BCUT2D eigenvalue weighted by Gasteiger charge is -2.29. The molecule has 0 N–H and O–H groups in total. The minimum atomic E-state index is -0.151. The molecule has 180 valence electrons. The van der Waals surface area contributed by atoms with Crippen molar-refractivity contribution in [3.05, 3.63) is 97.5 Å². The van der Waals surface area contributed by atoms with Crippen LogP contribution in [0.1, 0.15) is 47.4 Å². The number of aryl methyl sites for hydroxylation is 1. The molecule has 0 spiro atoms. The molecule has 0 atom stereocenters. The Labute approximate surface area is 213 Å². The number of amides is 1. The molecule has 1 aliphatic heterocycles. The van der Waals surface area contributed by atoms with Crippen molar-refractivity contribution in [1.29, 1.82) is 0 Å². The number of hydrogen-bond acceptors (Lipinski definition) is 3. The SMILES string of the molecule is CC(C)CCc1cnn2c3c(c(=O)n(-c4ccccc4)c12)CCN(C(=O)c1ccc(Cl)c(Cl)c1)C3. The van der Waals surface area contributed by atoms with E-state index in [2.05, 4.69) is 13.8 Å². The van der Waals surface area contributed by atoms with Gasteiger partial charge in [0.25, 0.3) is 11.5 Å². The molecule has 0 fully saturated rings. The summed E-state index contributed by atoms with van der Waals surface area (Å²) in [6.45, 7) is 5.10. The fourth-order valence-electron chi connectivity index (χ4n) is 4.64. The molecule has 0 bridgehead atoms. The van der Waals surface area contributed by atoms with Crippen LogP contribution in [0.3, 0.4) is 0 Å². The number of benzene rings is 2. The highest BCUT2D eigenvalue weighted by Gasteiger charge is 2.29. The van der Waals surface area contributed by atoms with Crippen LogP contribution in [0.5, 0.6) is 0 Å². The Kier molecular flexibility index (Phi) is 6.43.